The normalized spacial score (nSPS) is 18.7. The molecular formula is C23H28N2O2S3. The lowest BCUT2D eigenvalue weighted by Crippen LogP contribution is -2.33. The van der Waals surface area contributed by atoms with Crippen LogP contribution in [-0.2, 0) is 23.5 Å². The molecule has 0 fully saturated rings. The van der Waals surface area contributed by atoms with Gasteiger partial charge < -0.3 is 9.47 Å². The number of hydrogen-bond donors (Lipinski definition) is 0. The lowest BCUT2D eigenvalue weighted by molar-refractivity contribution is -0.0543. The molecule has 1 aliphatic heterocycles. The van der Waals surface area contributed by atoms with Crippen LogP contribution in [0.4, 0.5) is 0 Å². The van der Waals surface area contributed by atoms with E-state index in [-0.39, 0.29) is 11.7 Å². The highest BCUT2D eigenvalue weighted by Gasteiger charge is 2.33. The van der Waals surface area contributed by atoms with E-state index < -0.39 is 0 Å². The van der Waals surface area contributed by atoms with E-state index in [1.165, 1.54) is 21.4 Å². The zero-order valence-electron chi connectivity index (χ0n) is 18.2. The highest BCUT2D eigenvalue weighted by Crippen LogP contribution is 2.43. The Morgan fingerprint density at radius 2 is 2.00 bits per heavy atom. The summed E-state index contributed by atoms with van der Waals surface area (Å²) in [5.41, 5.74) is 2.55. The molecule has 0 unspecified atom stereocenters. The summed E-state index contributed by atoms with van der Waals surface area (Å²) in [4.78, 5) is 12.1. The van der Waals surface area contributed by atoms with Gasteiger partial charge in [-0.2, -0.15) is 0 Å². The molecule has 160 valence electrons. The summed E-state index contributed by atoms with van der Waals surface area (Å²) in [5, 5.41) is 3.16. The molecule has 0 aliphatic carbocycles. The van der Waals surface area contributed by atoms with Crippen molar-refractivity contribution in [3.05, 3.63) is 40.3 Å². The van der Waals surface area contributed by atoms with Gasteiger partial charge in [-0.05, 0) is 56.7 Å². The van der Waals surface area contributed by atoms with Crippen LogP contribution in [0.1, 0.15) is 50.1 Å². The topological polar surface area (TPSA) is 44.2 Å². The largest absolute Gasteiger partial charge is 0.491 e. The van der Waals surface area contributed by atoms with Crippen LogP contribution >= 0.6 is 34.9 Å². The van der Waals surface area contributed by atoms with E-state index in [1.54, 1.807) is 34.9 Å². The zero-order chi connectivity index (χ0) is 21.3. The van der Waals surface area contributed by atoms with E-state index in [9.17, 15) is 0 Å². The van der Waals surface area contributed by atoms with Crippen molar-refractivity contribution in [2.24, 2.45) is 0 Å². The van der Waals surface area contributed by atoms with Crippen molar-refractivity contribution < 1.29 is 9.47 Å². The van der Waals surface area contributed by atoms with Gasteiger partial charge in [0.1, 0.15) is 15.6 Å². The molecule has 0 bridgehead atoms. The molecule has 0 spiro atoms. The SMILES string of the molecule is CC[C@@]1(C)Cc2c(sc3nc(SC)nc(SCc4ccc(OC(C)C)cc4)c23)CO1. The molecule has 30 heavy (non-hydrogen) atoms. The van der Waals surface area contributed by atoms with Gasteiger partial charge in [0.2, 0.25) is 0 Å². The first kappa shape index (κ1) is 21.9. The van der Waals surface area contributed by atoms with Crippen molar-refractivity contribution in [2.45, 2.75) is 74.8 Å². The number of thiophene rings is 1. The zero-order valence-corrected chi connectivity index (χ0v) is 20.6. The summed E-state index contributed by atoms with van der Waals surface area (Å²) >= 11 is 5.16. The van der Waals surface area contributed by atoms with Crippen molar-refractivity contribution in [1.29, 1.82) is 0 Å². The van der Waals surface area contributed by atoms with Crippen LogP contribution in [0, 0.1) is 0 Å². The number of hydrogen-bond acceptors (Lipinski definition) is 7. The first-order chi connectivity index (χ1) is 14.4. The fraction of sp³-hybridized carbons (Fsp3) is 0.478. The number of thioether (sulfide) groups is 2. The molecule has 2 aromatic heterocycles. The second-order valence-electron chi connectivity index (χ2n) is 8.07. The van der Waals surface area contributed by atoms with Crippen LogP contribution in [0.25, 0.3) is 10.2 Å². The molecular weight excluding hydrogens is 432 g/mol. The fourth-order valence-corrected chi connectivity index (χ4v) is 6.19. The number of benzene rings is 1. The summed E-state index contributed by atoms with van der Waals surface area (Å²) in [6.07, 6.45) is 4.15. The van der Waals surface area contributed by atoms with Crippen LogP contribution in [0.15, 0.2) is 34.4 Å². The van der Waals surface area contributed by atoms with Gasteiger partial charge in [-0.3, -0.25) is 0 Å². The Bertz CT molecular complexity index is 1030. The number of aromatic nitrogens is 2. The van der Waals surface area contributed by atoms with E-state index in [0.717, 1.165) is 39.4 Å². The van der Waals surface area contributed by atoms with E-state index >= 15 is 0 Å². The molecule has 0 radical (unpaired) electrons. The van der Waals surface area contributed by atoms with Crippen molar-refractivity contribution in [1.82, 2.24) is 9.97 Å². The van der Waals surface area contributed by atoms with Gasteiger partial charge >= 0.3 is 0 Å². The molecule has 0 saturated heterocycles. The van der Waals surface area contributed by atoms with Crippen molar-refractivity contribution in [3.8, 4) is 5.75 Å². The third-order valence-electron chi connectivity index (χ3n) is 5.38. The summed E-state index contributed by atoms with van der Waals surface area (Å²) in [6.45, 7) is 9.18. The lowest BCUT2D eigenvalue weighted by Gasteiger charge is -2.33. The Kier molecular flexibility index (Phi) is 6.63. The number of nitrogens with zero attached hydrogens (tertiary/aromatic N) is 2. The van der Waals surface area contributed by atoms with Gasteiger partial charge in [-0.15, -0.1) is 23.1 Å². The molecule has 4 rings (SSSR count). The highest BCUT2D eigenvalue weighted by molar-refractivity contribution is 7.99. The minimum absolute atomic E-state index is 0.104. The second-order valence-corrected chi connectivity index (χ2v) is 10.9. The van der Waals surface area contributed by atoms with Gasteiger partial charge in [0.15, 0.2) is 5.16 Å². The highest BCUT2D eigenvalue weighted by atomic mass is 32.2. The molecule has 3 heterocycles. The first-order valence-corrected chi connectivity index (χ1v) is 13.3. The predicted molar refractivity (Wildman–Crippen MR) is 128 cm³/mol. The fourth-order valence-electron chi connectivity index (χ4n) is 3.53. The number of rotatable bonds is 7. The number of fused-ring (bicyclic) bond motifs is 3. The minimum Gasteiger partial charge on any atom is -0.491 e. The Balaban J connectivity index is 1.63. The molecule has 1 aromatic carbocycles. The van der Waals surface area contributed by atoms with Crippen molar-refractivity contribution >= 4 is 45.1 Å². The van der Waals surface area contributed by atoms with Crippen LogP contribution in [-0.4, -0.2) is 27.9 Å². The predicted octanol–water partition coefficient (Wildman–Crippen LogP) is 6.73. The molecule has 7 heteroatoms. The monoisotopic (exact) mass is 460 g/mol. The molecule has 0 N–H and O–H groups in total. The lowest BCUT2D eigenvalue weighted by atomic mass is 9.90. The summed E-state index contributed by atoms with van der Waals surface area (Å²) < 4.78 is 11.9. The maximum Gasteiger partial charge on any atom is 0.189 e. The molecule has 0 saturated carbocycles. The van der Waals surface area contributed by atoms with Gasteiger partial charge in [0.05, 0.1) is 18.3 Å². The molecule has 4 nitrogen and oxygen atoms in total. The second kappa shape index (κ2) is 9.07. The van der Waals surface area contributed by atoms with Crippen LogP contribution in [0.3, 0.4) is 0 Å². The summed E-state index contributed by atoms with van der Waals surface area (Å²) in [7, 11) is 0. The van der Waals surface area contributed by atoms with E-state index in [4.69, 9.17) is 19.4 Å². The maximum atomic E-state index is 6.17. The van der Waals surface area contributed by atoms with E-state index in [2.05, 4.69) is 38.1 Å². The van der Waals surface area contributed by atoms with E-state index in [1.807, 2.05) is 20.1 Å². The van der Waals surface area contributed by atoms with E-state index in [0.29, 0.717) is 6.61 Å². The Morgan fingerprint density at radius 3 is 2.67 bits per heavy atom. The van der Waals surface area contributed by atoms with Crippen LogP contribution in [0.5, 0.6) is 5.75 Å². The summed E-state index contributed by atoms with van der Waals surface area (Å²) in [6, 6.07) is 8.39. The smallest absolute Gasteiger partial charge is 0.189 e. The minimum atomic E-state index is -0.104. The standard InChI is InChI=1S/C23H28N2O2S3/c1-6-23(4)11-17-18(12-26-23)30-21-19(17)20(24-22(25-21)28-5)29-13-15-7-9-16(10-8-15)27-14(2)3/h7-10,14H,6,11-13H2,1-5H3/t23-/m0/s1. The van der Waals surface area contributed by atoms with Crippen LogP contribution in [0.2, 0.25) is 0 Å². The molecule has 3 aromatic rings. The van der Waals surface area contributed by atoms with Gasteiger partial charge in [-0.25, -0.2) is 9.97 Å². The maximum absolute atomic E-state index is 6.17. The summed E-state index contributed by atoms with van der Waals surface area (Å²) in [5.74, 6) is 1.78. The first-order valence-electron chi connectivity index (χ1n) is 10.3. The Labute approximate surface area is 191 Å². The van der Waals surface area contributed by atoms with Crippen molar-refractivity contribution in [3.63, 3.8) is 0 Å². The van der Waals surface area contributed by atoms with Crippen molar-refractivity contribution in [2.75, 3.05) is 6.26 Å². The number of ether oxygens (including phenoxy) is 2. The average Bonchev–Trinajstić information content (AvgIpc) is 3.10. The molecule has 0 amide bonds. The Hall–Kier alpha value is -1.28. The quantitative estimate of drug-likeness (QED) is 0.221. The average molecular weight is 461 g/mol. The van der Waals surface area contributed by atoms with Gasteiger partial charge in [-0.1, -0.05) is 30.8 Å². The van der Waals surface area contributed by atoms with Crippen LogP contribution < -0.4 is 4.74 Å². The molecule has 1 atom stereocenters. The third-order valence-corrected chi connectivity index (χ3v) is 8.08. The third kappa shape index (κ3) is 4.64. The van der Waals surface area contributed by atoms with Gasteiger partial charge in [0, 0.05) is 22.4 Å². The Morgan fingerprint density at radius 1 is 1.23 bits per heavy atom. The molecule has 1 aliphatic rings. The van der Waals surface area contributed by atoms with Gasteiger partial charge in [0.25, 0.3) is 0 Å².